The number of carbonyl (C=O) groups excluding carboxylic acids is 1. The second-order valence-corrected chi connectivity index (χ2v) is 5.01. The van der Waals surface area contributed by atoms with E-state index in [2.05, 4.69) is 0 Å². The highest BCUT2D eigenvalue weighted by Crippen LogP contribution is 2.15. The zero-order chi connectivity index (χ0) is 13.0. The third-order valence-electron chi connectivity index (χ3n) is 2.49. The maximum absolute atomic E-state index is 12.7. The molecule has 1 amide bonds. The molecule has 0 saturated carbocycles. The normalized spacial score (nSPS) is 19.2. The van der Waals surface area contributed by atoms with Gasteiger partial charge in [0.25, 0.3) is 5.91 Å². The van der Waals surface area contributed by atoms with Crippen LogP contribution in [0.4, 0.5) is 4.39 Å². The highest BCUT2D eigenvalue weighted by molar-refractivity contribution is 7.99. The number of β-amino-alcohol motifs (C(OH)–C–C–N with tert-alkyl or cyclic N) is 1. The van der Waals surface area contributed by atoms with Crippen molar-refractivity contribution in [3.8, 4) is 0 Å². The maximum atomic E-state index is 12.7. The van der Waals surface area contributed by atoms with E-state index in [1.165, 1.54) is 29.0 Å². The molecule has 1 aliphatic heterocycles. The second-order valence-electron chi connectivity index (χ2n) is 4.02. The van der Waals surface area contributed by atoms with E-state index in [0.717, 1.165) is 5.56 Å². The Hall–Kier alpha value is -1.11. The van der Waals surface area contributed by atoms with Gasteiger partial charge in [0, 0.05) is 5.75 Å². The fraction of sp³-hybridized carbons (Fsp3) is 0.417. The van der Waals surface area contributed by atoms with Crippen LogP contribution in [-0.4, -0.2) is 41.1 Å². The van der Waals surface area contributed by atoms with Crippen LogP contribution in [-0.2, 0) is 15.4 Å². The van der Waals surface area contributed by atoms with Crippen molar-refractivity contribution in [3.63, 3.8) is 0 Å². The third-order valence-corrected chi connectivity index (χ3v) is 3.47. The van der Waals surface area contributed by atoms with Gasteiger partial charge < -0.3 is 5.11 Å². The molecule has 1 aromatic carbocycles. The van der Waals surface area contributed by atoms with Gasteiger partial charge in [-0.15, -0.1) is 11.8 Å². The van der Waals surface area contributed by atoms with Crippen LogP contribution >= 0.6 is 11.8 Å². The topological polar surface area (TPSA) is 49.8 Å². The van der Waals surface area contributed by atoms with Gasteiger partial charge >= 0.3 is 0 Å². The molecule has 1 saturated heterocycles. The summed E-state index contributed by atoms with van der Waals surface area (Å²) in [4.78, 5) is 16.7. The molecule has 0 aliphatic carbocycles. The monoisotopic (exact) mass is 271 g/mol. The van der Waals surface area contributed by atoms with Crippen molar-refractivity contribution in [3.05, 3.63) is 35.6 Å². The number of amides is 1. The predicted molar refractivity (Wildman–Crippen MR) is 66.2 cm³/mol. The van der Waals surface area contributed by atoms with E-state index < -0.39 is 6.10 Å². The number of rotatable bonds is 4. The van der Waals surface area contributed by atoms with Gasteiger partial charge in [0.2, 0.25) is 0 Å². The summed E-state index contributed by atoms with van der Waals surface area (Å²) < 4.78 is 12.7. The predicted octanol–water partition coefficient (Wildman–Crippen LogP) is 1.19. The number of benzene rings is 1. The summed E-state index contributed by atoms with van der Waals surface area (Å²) in [5, 5.41) is 10.4. The molecule has 1 atom stereocenters. The summed E-state index contributed by atoms with van der Waals surface area (Å²) in [7, 11) is 0. The number of hydrogen-bond acceptors (Lipinski definition) is 4. The first-order valence-electron chi connectivity index (χ1n) is 5.58. The lowest BCUT2D eigenvalue weighted by atomic mass is 10.2. The van der Waals surface area contributed by atoms with E-state index >= 15 is 0 Å². The van der Waals surface area contributed by atoms with Crippen molar-refractivity contribution in [2.75, 3.05) is 18.9 Å². The first kappa shape index (κ1) is 13.3. The number of carbonyl (C=O) groups is 1. The minimum Gasteiger partial charge on any atom is -0.389 e. The molecule has 0 unspecified atom stereocenters. The zero-order valence-electron chi connectivity index (χ0n) is 9.71. The minimum atomic E-state index is -0.587. The van der Waals surface area contributed by atoms with Crippen LogP contribution in [0.15, 0.2) is 24.3 Å². The van der Waals surface area contributed by atoms with Crippen LogP contribution in [0.2, 0.25) is 0 Å². The summed E-state index contributed by atoms with van der Waals surface area (Å²) >= 11 is 1.43. The molecule has 0 bridgehead atoms. The molecule has 98 valence electrons. The summed E-state index contributed by atoms with van der Waals surface area (Å²) in [6, 6.07) is 6.20. The van der Waals surface area contributed by atoms with E-state index in [1.54, 1.807) is 12.1 Å². The Bertz CT molecular complexity index is 412. The van der Waals surface area contributed by atoms with Gasteiger partial charge in [0.15, 0.2) is 0 Å². The number of nitrogens with zero attached hydrogens (tertiary/aromatic N) is 1. The zero-order valence-corrected chi connectivity index (χ0v) is 10.5. The Morgan fingerprint density at radius 3 is 2.83 bits per heavy atom. The highest BCUT2D eigenvalue weighted by atomic mass is 32.2. The molecule has 0 aromatic heterocycles. The summed E-state index contributed by atoms with van der Waals surface area (Å²) in [6.07, 6.45) is -0.587. The quantitative estimate of drug-likeness (QED) is 0.894. The van der Waals surface area contributed by atoms with Gasteiger partial charge in [-0.3, -0.25) is 9.63 Å². The van der Waals surface area contributed by atoms with E-state index in [4.69, 9.17) is 4.84 Å². The van der Waals surface area contributed by atoms with E-state index in [9.17, 15) is 14.3 Å². The van der Waals surface area contributed by atoms with Crippen molar-refractivity contribution in [2.45, 2.75) is 11.9 Å². The van der Waals surface area contributed by atoms with Crippen LogP contribution in [0.1, 0.15) is 5.56 Å². The molecular formula is C12H14FNO3S. The number of hydrogen-bond donors (Lipinski definition) is 1. The molecule has 0 spiro atoms. The van der Waals surface area contributed by atoms with E-state index in [0.29, 0.717) is 5.75 Å². The first-order chi connectivity index (χ1) is 8.65. The van der Waals surface area contributed by atoms with Gasteiger partial charge in [0.05, 0.1) is 18.4 Å². The van der Waals surface area contributed by atoms with Crippen LogP contribution in [0.25, 0.3) is 0 Å². The molecule has 0 radical (unpaired) electrons. The highest BCUT2D eigenvalue weighted by Gasteiger charge is 2.25. The number of thioether (sulfide) groups is 1. The average Bonchev–Trinajstić information content (AvgIpc) is 2.78. The van der Waals surface area contributed by atoms with Gasteiger partial charge in [0.1, 0.15) is 12.4 Å². The Morgan fingerprint density at radius 2 is 2.22 bits per heavy atom. The van der Waals surface area contributed by atoms with Gasteiger partial charge in [-0.25, -0.2) is 9.45 Å². The first-order valence-corrected chi connectivity index (χ1v) is 6.74. The van der Waals surface area contributed by atoms with E-state index in [1.807, 2.05) is 0 Å². The van der Waals surface area contributed by atoms with E-state index in [-0.39, 0.29) is 30.6 Å². The summed E-state index contributed by atoms with van der Waals surface area (Å²) in [5.41, 5.74) is 0.969. The van der Waals surface area contributed by atoms with Gasteiger partial charge in [-0.1, -0.05) is 12.1 Å². The Kier molecular flexibility index (Phi) is 4.57. The third kappa shape index (κ3) is 3.69. The fourth-order valence-corrected chi connectivity index (χ4v) is 2.40. The maximum Gasteiger partial charge on any atom is 0.256 e. The summed E-state index contributed by atoms with van der Waals surface area (Å²) in [5.74, 6) is 0.505. The molecule has 1 fully saturated rings. The lowest BCUT2D eigenvalue weighted by Crippen LogP contribution is -2.29. The Labute approximate surface area is 109 Å². The SMILES string of the molecule is O=C(CSCc1ccc(F)cc1)N1C[C@H](O)CO1. The van der Waals surface area contributed by atoms with Gasteiger partial charge in [-0.2, -0.15) is 0 Å². The molecule has 18 heavy (non-hydrogen) atoms. The molecule has 1 aromatic rings. The Balaban J connectivity index is 1.72. The number of hydroxylamine groups is 2. The fourth-order valence-electron chi connectivity index (χ4n) is 1.56. The van der Waals surface area contributed by atoms with Crippen LogP contribution in [0.5, 0.6) is 0 Å². The molecule has 1 N–H and O–H groups in total. The van der Waals surface area contributed by atoms with Crippen molar-refractivity contribution < 1.29 is 19.1 Å². The smallest absolute Gasteiger partial charge is 0.256 e. The van der Waals surface area contributed by atoms with Crippen molar-refractivity contribution >= 4 is 17.7 Å². The number of halogens is 1. The Morgan fingerprint density at radius 1 is 1.50 bits per heavy atom. The van der Waals surface area contributed by atoms with Crippen LogP contribution < -0.4 is 0 Å². The lowest BCUT2D eigenvalue weighted by Gasteiger charge is -2.13. The van der Waals surface area contributed by atoms with Crippen molar-refractivity contribution in [1.82, 2.24) is 5.06 Å². The standard InChI is InChI=1S/C12H14FNO3S/c13-10-3-1-9(2-4-10)7-18-8-12(16)14-5-11(15)6-17-14/h1-4,11,15H,5-8H2/t11-/m0/s1. The number of aliphatic hydroxyl groups is 1. The molecule has 1 heterocycles. The minimum absolute atomic E-state index is 0.154. The lowest BCUT2D eigenvalue weighted by molar-refractivity contribution is -0.165. The number of aliphatic hydroxyl groups excluding tert-OH is 1. The molecule has 2 rings (SSSR count). The molecule has 1 aliphatic rings. The van der Waals surface area contributed by atoms with Crippen LogP contribution in [0.3, 0.4) is 0 Å². The summed E-state index contributed by atoms with van der Waals surface area (Å²) in [6.45, 7) is 0.407. The van der Waals surface area contributed by atoms with Crippen LogP contribution in [0, 0.1) is 5.82 Å². The molecular weight excluding hydrogens is 257 g/mol. The van der Waals surface area contributed by atoms with Crippen molar-refractivity contribution in [1.29, 1.82) is 0 Å². The second kappa shape index (κ2) is 6.17. The molecule has 4 nitrogen and oxygen atoms in total. The van der Waals surface area contributed by atoms with Crippen molar-refractivity contribution in [2.24, 2.45) is 0 Å². The molecule has 6 heteroatoms. The van der Waals surface area contributed by atoms with Gasteiger partial charge in [-0.05, 0) is 17.7 Å². The largest absolute Gasteiger partial charge is 0.389 e. The average molecular weight is 271 g/mol.